The first-order valence-corrected chi connectivity index (χ1v) is 9.66. The number of ether oxygens (including phenoxy) is 3. The molecule has 3 rings (SSSR count). The highest BCUT2D eigenvalue weighted by Crippen LogP contribution is 2.46. The Morgan fingerprint density at radius 2 is 2.07 bits per heavy atom. The Kier molecular flexibility index (Phi) is 6.30. The smallest absolute Gasteiger partial charge is 0.344 e. The zero-order chi connectivity index (χ0) is 20.1. The third-order valence-corrected chi connectivity index (χ3v) is 4.79. The molecule has 0 spiro atoms. The fourth-order valence-corrected chi connectivity index (χ4v) is 3.51. The number of hydrogen-bond donors (Lipinski definition) is 1. The lowest BCUT2D eigenvalue weighted by atomic mass is 10.1. The Balaban J connectivity index is 1.51. The van der Waals surface area contributed by atoms with Crippen LogP contribution in [0.25, 0.3) is 0 Å². The van der Waals surface area contributed by atoms with E-state index in [-0.39, 0.29) is 12.5 Å². The number of aromatic nitrogens is 1. The van der Waals surface area contributed by atoms with Gasteiger partial charge in [-0.1, -0.05) is 0 Å². The van der Waals surface area contributed by atoms with Crippen LogP contribution < -0.4 is 10.1 Å². The van der Waals surface area contributed by atoms with Crippen LogP contribution in [-0.2, 0) is 19.1 Å². The Labute approximate surface area is 164 Å². The number of anilines is 1. The van der Waals surface area contributed by atoms with Gasteiger partial charge in [-0.2, -0.15) is 0 Å². The first kappa shape index (κ1) is 19.9. The first-order valence-electron chi connectivity index (χ1n) is 8.78. The van der Waals surface area contributed by atoms with Crippen LogP contribution in [0.5, 0.6) is 5.88 Å². The fourth-order valence-electron chi connectivity index (χ4n) is 2.47. The molecule has 0 atom stereocenters. The first-order chi connectivity index (χ1) is 13.5. The molecule has 1 aliphatic rings. The van der Waals surface area contributed by atoms with Gasteiger partial charge in [0, 0.05) is 6.07 Å². The Morgan fingerprint density at radius 1 is 1.29 bits per heavy atom. The predicted molar refractivity (Wildman–Crippen MR) is 98.6 cm³/mol. The molecular formula is C18H20N2O7S. The summed E-state index contributed by atoms with van der Waals surface area (Å²) >= 11 is 1.25. The Morgan fingerprint density at radius 3 is 2.71 bits per heavy atom. The Hall–Kier alpha value is -2.88. The summed E-state index contributed by atoms with van der Waals surface area (Å²) in [5.41, 5.74) is 1.28. The van der Waals surface area contributed by atoms with Crippen molar-refractivity contribution in [2.45, 2.75) is 32.6 Å². The lowest BCUT2D eigenvalue weighted by Crippen LogP contribution is -2.24. The number of rotatable bonds is 9. The van der Waals surface area contributed by atoms with Crippen molar-refractivity contribution in [3.8, 4) is 5.88 Å². The molecule has 150 valence electrons. The molecule has 2 heterocycles. The van der Waals surface area contributed by atoms with Crippen LogP contribution in [0, 0.1) is 6.92 Å². The number of aryl methyl sites for hydroxylation is 1. The summed E-state index contributed by atoms with van der Waals surface area (Å²) in [6, 6.07) is 1.52. The van der Waals surface area contributed by atoms with Crippen LogP contribution in [0.4, 0.5) is 5.00 Å². The number of carbonyl (C=O) groups excluding carboxylic acids is 3. The van der Waals surface area contributed by atoms with Gasteiger partial charge < -0.3 is 24.1 Å². The average Bonchev–Trinajstić information content (AvgIpc) is 3.29. The molecule has 0 aliphatic heterocycles. The molecular weight excluding hydrogens is 388 g/mol. The number of esters is 2. The maximum Gasteiger partial charge on any atom is 0.344 e. The second-order valence-corrected chi connectivity index (χ2v) is 7.04. The minimum Gasteiger partial charge on any atom is -0.463 e. The van der Waals surface area contributed by atoms with Gasteiger partial charge in [0.05, 0.1) is 12.2 Å². The van der Waals surface area contributed by atoms with Gasteiger partial charge in [-0.25, -0.2) is 9.59 Å². The van der Waals surface area contributed by atoms with Crippen molar-refractivity contribution in [1.29, 1.82) is 0 Å². The van der Waals surface area contributed by atoms with Gasteiger partial charge in [-0.15, -0.1) is 11.3 Å². The number of hydrogen-bond acceptors (Lipinski definition) is 9. The van der Waals surface area contributed by atoms with Crippen LogP contribution in [0.2, 0.25) is 0 Å². The summed E-state index contributed by atoms with van der Waals surface area (Å²) in [6.45, 7) is 2.75. The van der Waals surface area contributed by atoms with E-state index >= 15 is 0 Å². The molecule has 1 aliphatic carbocycles. The van der Waals surface area contributed by atoms with E-state index in [0.717, 1.165) is 18.4 Å². The standard InChI is InChI=1S/C18H20N2O7S/c1-3-24-18(23)16-12(11-4-5-11)9-28-17(16)19-13(21)7-26-15(22)8-25-14-6-10(2)27-20-14/h6,9,11H,3-5,7-8H2,1-2H3,(H,19,21). The van der Waals surface area contributed by atoms with E-state index in [1.807, 2.05) is 5.38 Å². The summed E-state index contributed by atoms with van der Waals surface area (Å²) < 4.78 is 19.9. The summed E-state index contributed by atoms with van der Waals surface area (Å²) in [4.78, 5) is 36.1. The molecule has 1 saturated carbocycles. The Bertz CT molecular complexity index is 869. The highest BCUT2D eigenvalue weighted by atomic mass is 32.1. The predicted octanol–water partition coefficient (Wildman–Crippen LogP) is 2.66. The van der Waals surface area contributed by atoms with Gasteiger partial charge in [0.2, 0.25) is 0 Å². The zero-order valence-electron chi connectivity index (χ0n) is 15.5. The fraction of sp³-hybridized carbons (Fsp3) is 0.444. The largest absolute Gasteiger partial charge is 0.463 e. The average molecular weight is 408 g/mol. The highest BCUT2D eigenvalue weighted by Gasteiger charge is 2.32. The SMILES string of the molecule is CCOC(=O)c1c(C2CC2)csc1NC(=O)COC(=O)COc1cc(C)on1. The summed E-state index contributed by atoms with van der Waals surface area (Å²) in [5.74, 6) is -0.719. The van der Waals surface area contributed by atoms with E-state index in [4.69, 9.17) is 18.7 Å². The van der Waals surface area contributed by atoms with E-state index < -0.39 is 31.1 Å². The van der Waals surface area contributed by atoms with Gasteiger partial charge in [-0.05, 0) is 48.7 Å². The molecule has 1 amide bonds. The quantitative estimate of drug-likeness (QED) is 0.630. The van der Waals surface area contributed by atoms with Crippen molar-refractivity contribution in [2.75, 3.05) is 25.1 Å². The second kappa shape index (κ2) is 8.87. The zero-order valence-corrected chi connectivity index (χ0v) is 16.3. The number of carbonyl (C=O) groups is 3. The van der Waals surface area contributed by atoms with Crippen LogP contribution in [0.1, 0.15) is 47.4 Å². The van der Waals surface area contributed by atoms with E-state index in [1.54, 1.807) is 13.8 Å². The molecule has 0 unspecified atom stereocenters. The van der Waals surface area contributed by atoms with Gasteiger partial charge in [0.15, 0.2) is 13.2 Å². The third kappa shape index (κ3) is 5.10. The molecule has 0 bridgehead atoms. The van der Waals surface area contributed by atoms with E-state index in [9.17, 15) is 14.4 Å². The normalized spacial score (nSPS) is 13.1. The molecule has 28 heavy (non-hydrogen) atoms. The highest BCUT2D eigenvalue weighted by molar-refractivity contribution is 7.15. The summed E-state index contributed by atoms with van der Waals surface area (Å²) in [7, 11) is 0. The molecule has 9 nitrogen and oxygen atoms in total. The monoisotopic (exact) mass is 408 g/mol. The van der Waals surface area contributed by atoms with Crippen LogP contribution in [0.3, 0.4) is 0 Å². The molecule has 10 heteroatoms. The number of nitrogens with one attached hydrogen (secondary N) is 1. The van der Waals surface area contributed by atoms with Crippen LogP contribution in [0.15, 0.2) is 16.0 Å². The van der Waals surface area contributed by atoms with Crippen molar-refractivity contribution >= 4 is 34.2 Å². The van der Waals surface area contributed by atoms with Crippen molar-refractivity contribution in [3.05, 3.63) is 28.3 Å². The molecule has 2 aromatic heterocycles. The maximum atomic E-state index is 12.3. The molecule has 1 N–H and O–H groups in total. The molecule has 1 fully saturated rings. The summed E-state index contributed by atoms with van der Waals surface area (Å²) in [5, 5.41) is 8.45. The molecule has 2 aromatic rings. The second-order valence-electron chi connectivity index (χ2n) is 6.16. The summed E-state index contributed by atoms with van der Waals surface area (Å²) in [6.07, 6.45) is 2.03. The van der Waals surface area contributed by atoms with Crippen molar-refractivity contribution in [2.24, 2.45) is 0 Å². The van der Waals surface area contributed by atoms with Gasteiger partial charge >= 0.3 is 11.9 Å². The number of nitrogens with zero attached hydrogens (tertiary/aromatic N) is 1. The van der Waals surface area contributed by atoms with Crippen LogP contribution >= 0.6 is 11.3 Å². The molecule has 0 saturated heterocycles. The van der Waals surface area contributed by atoms with Gasteiger partial charge in [-0.3, -0.25) is 4.79 Å². The number of thiophene rings is 1. The minimum atomic E-state index is -0.730. The number of amides is 1. The van der Waals surface area contributed by atoms with Crippen molar-refractivity contribution in [1.82, 2.24) is 5.16 Å². The lowest BCUT2D eigenvalue weighted by molar-refractivity contribution is -0.149. The minimum absolute atomic E-state index is 0.157. The van der Waals surface area contributed by atoms with E-state index in [1.165, 1.54) is 17.4 Å². The molecule has 0 radical (unpaired) electrons. The maximum absolute atomic E-state index is 12.3. The van der Waals surface area contributed by atoms with E-state index in [0.29, 0.717) is 22.2 Å². The lowest BCUT2D eigenvalue weighted by Gasteiger charge is -2.09. The van der Waals surface area contributed by atoms with Crippen molar-refractivity contribution in [3.63, 3.8) is 0 Å². The van der Waals surface area contributed by atoms with Gasteiger partial charge in [0.25, 0.3) is 11.8 Å². The van der Waals surface area contributed by atoms with Crippen LogP contribution in [-0.4, -0.2) is 42.8 Å². The van der Waals surface area contributed by atoms with Gasteiger partial charge in [0.1, 0.15) is 10.8 Å². The van der Waals surface area contributed by atoms with E-state index in [2.05, 4.69) is 10.5 Å². The molecule has 0 aromatic carbocycles. The third-order valence-electron chi connectivity index (χ3n) is 3.88. The topological polar surface area (TPSA) is 117 Å². The van der Waals surface area contributed by atoms with Crippen molar-refractivity contribution < 1.29 is 33.1 Å².